The van der Waals surface area contributed by atoms with Gasteiger partial charge in [-0.05, 0) is 54.2 Å². The number of fused-ring (bicyclic) bond motifs is 3. The van der Waals surface area contributed by atoms with Crippen LogP contribution in [-0.4, -0.2) is 0 Å². The maximum atomic E-state index is 13.5. The molecule has 0 saturated heterocycles. The highest BCUT2D eigenvalue weighted by Gasteiger charge is 2.42. The first-order valence-electron chi connectivity index (χ1n) is 8.25. The van der Waals surface area contributed by atoms with Crippen molar-refractivity contribution in [3.05, 3.63) is 75.8 Å². The summed E-state index contributed by atoms with van der Waals surface area (Å²) >= 11 is 6.21. The lowest BCUT2D eigenvalue weighted by Crippen LogP contribution is -2.31. The summed E-state index contributed by atoms with van der Waals surface area (Å²) in [6, 6.07) is 9.26. The minimum Gasteiger partial charge on any atom is -0.377 e. The largest absolute Gasteiger partial charge is 0.416 e. The minimum absolute atomic E-state index is 0.0499. The molecule has 1 heterocycles. The van der Waals surface area contributed by atoms with Crippen molar-refractivity contribution in [3.63, 3.8) is 0 Å². The summed E-state index contributed by atoms with van der Waals surface area (Å²) in [5, 5.41) is 4.05. The molecule has 4 rings (SSSR count). The van der Waals surface area contributed by atoms with Crippen molar-refractivity contribution in [2.45, 2.75) is 31.5 Å². The molecule has 1 aliphatic carbocycles. The van der Waals surface area contributed by atoms with E-state index in [9.17, 15) is 13.2 Å². The third-order valence-electron chi connectivity index (χ3n) is 5.23. The van der Waals surface area contributed by atoms with Crippen molar-refractivity contribution < 1.29 is 13.2 Å². The van der Waals surface area contributed by atoms with Crippen molar-refractivity contribution in [1.82, 2.24) is 0 Å². The quantitative estimate of drug-likeness (QED) is 0.571. The third-order valence-corrected chi connectivity index (χ3v) is 5.45. The zero-order valence-electron chi connectivity index (χ0n) is 13.6. The molecule has 0 spiro atoms. The lowest BCUT2D eigenvalue weighted by Gasteiger charge is -2.39. The van der Waals surface area contributed by atoms with E-state index in [4.69, 9.17) is 11.6 Å². The van der Waals surface area contributed by atoms with Gasteiger partial charge in [0.05, 0.1) is 11.6 Å². The molecule has 0 saturated carbocycles. The number of allylic oxidation sites excluding steroid dienone is 2. The van der Waals surface area contributed by atoms with Gasteiger partial charge in [-0.15, -0.1) is 0 Å². The van der Waals surface area contributed by atoms with E-state index in [0.29, 0.717) is 10.6 Å². The molecule has 25 heavy (non-hydrogen) atoms. The number of benzene rings is 2. The summed E-state index contributed by atoms with van der Waals surface area (Å²) in [6.07, 6.45) is 0.545. The van der Waals surface area contributed by atoms with E-state index in [2.05, 4.69) is 17.5 Å². The van der Waals surface area contributed by atoms with Crippen molar-refractivity contribution in [3.8, 4) is 0 Å². The smallest absolute Gasteiger partial charge is 0.377 e. The van der Waals surface area contributed by atoms with Gasteiger partial charge in [0, 0.05) is 16.6 Å². The Bertz CT molecular complexity index is 857. The van der Waals surface area contributed by atoms with E-state index < -0.39 is 11.7 Å². The first-order chi connectivity index (χ1) is 11.9. The molecule has 0 amide bonds. The van der Waals surface area contributed by atoms with Gasteiger partial charge in [0.2, 0.25) is 0 Å². The number of alkyl halides is 3. The SMILES string of the molecule is Cc1cc(Cl)cc2c1N[C@H](c1ccccc1C(F)(F)F)[C@H]1CC=C[C@H]21. The maximum Gasteiger partial charge on any atom is 0.416 e. The second-order valence-electron chi connectivity index (χ2n) is 6.75. The van der Waals surface area contributed by atoms with E-state index in [1.165, 1.54) is 12.1 Å². The van der Waals surface area contributed by atoms with Crippen LogP contribution in [-0.2, 0) is 6.18 Å². The van der Waals surface area contributed by atoms with Crippen molar-refractivity contribution in [2.75, 3.05) is 5.32 Å². The van der Waals surface area contributed by atoms with Gasteiger partial charge in [-0.3, -0.25) is 0 Å². The van der Waals surface area contributed by atoms with Crippen LogP contribution in [0.25, 0.3) is 0 Å². The van der Waals surface area contributed by atoms with Gasteiger partial charge < -0.3 is 5.32 Å². The summed E-state index contributed by atoms with van der Waals surface area (Å²) < 4.78 is 40.5. The lowest BCUT2D eigenvalue weighted by atomic mass is 9.75. The summed E-state index contributed by atoms with van der Waals surface area (Å²) in [5.41, 5.74) is 2.68. The Kier molecular flexibility index (Phi) is 3.84. The standard InChI is InChI=1S/C20H17ClF3N/c1-11-9-12(21)10-16-13-6-4-7-14(13)19(25-18(11)16)15-5-2-3-8-17(15)20(22,23)24/h2-6,8-10,13-14,19,25H,7H2,1H3/t13-,14-,19-/m0/s1. The number of hydrogen-bond acceptors (Lipinski definition) is 1. The van der Waals surface area contributed by atoms with E-state index in [-0.39, 0.29) is 17.9 Å². The Balaban J connectivity index is 1.86. The average molecular weight is 364 g/mol. The van der Waals surface area contributed by atoms with Crippen LogP contribution in [0, 0.1) is 12.8 Å². The predicted molar refractivity (Wildman–Crippen MR) is 94.0 cm³/mol. The minimum atomic E-state index is -4.37. The summed E-state index contributed by atoms with van der Waals surface area (Å²) in [6.45, 7) is 1.93. The van der Waals surface area contributed by atoms with Crippen LogP contribution in [0.4, 0.5) is 18.9 Å². The fourth-order valence-electron chi connectivity index (χ4n) is 4.18. The van der Waals surface area contributed by atoms with Crippen LogP contribution in [0.1, 0.15) is 40.6 Å². The van der Waals surface area contributed by atoms with Gasteiger partial charge in [-0.1, -0.05) is 42.0 Å². The number of hydrogen-bond donors (Lipinski definition) is 1. The van der Waals surface area contributed by atoms with Gasteiger partial charge in [0.25, 0.3) is 0 Å². The zero-order chi connectivity index (χ0) is 17.8. The molecule has 5 heteroatoms. The second kappa shape index (κ2) is 5.80. The molecule has 1 aliphatic heterocycles. The Labute approximate surface area is 149 Å². The Morgan fingerprint density at radius 3 is 2.64 bits per heavy atom. The van der Waals surface area contributed by atoms with Crippen molar-refractivity contribution >= 4 is 17.3 Å². The number of aryl methyl sites for hydroxylation is 1. The second-order valence-corrected chi connectivity index (χ2v) is 7.18. The first-order valence-corrected chi connectivity index (χ1v) is 8.63. The maximum absolute atomic E-state index is 13.5. The van der Waals surface area contributed by atoms with Crippen LogP contribution in [0.3, 0.4) is 0 Å². The molecule has 1 nitrogen and oxygen atoms in total. The monoisotopic (exact) mass is 363 g/mol. The van der Waals surface area contributed by atoms with Crippen molar-refractivity contribution in [2.24, 2.45) is 5.92 Å². The highest BCUT2D eigenvalue weighted by molar-refractivity contribution is 6.30. The summed E-state index contributed by atoms with van der Waals surface area (Å²) in [7, 11) is 0. The molecule has 0 aromatic heterocycles. The number of anilines is 1. The first kappa shape index (κ1) is 16.5. The van der Waals surface area contributed by atoms with E-state index >= 15 is 0 Å². The van der Waals surface area contributed by atoms with E-state index in [0.717, 1.165) is 23.2 Å². The van der Waals surface area contributed by atoms with E-state index in [1.807, 2.05) is 19.1 Å². The number of halogens is 4. The molecular weight excluding hydrogens is 347 g/mol. The van der Waals surface area contributed by atoms with E-state index in [1.54, 1.807) is 12.1 Å². The number of nitrogens with one attached hydrogen (secondary N) is 1. The molecule has 0 fully saturated rings. The molecule has 130 valence electrons. The molecule has 0 bridgehead atoms. The summed E-state index contributed by atoms with van der Waals surface area (Å²) in [5.74, 6) is 0.133. The van der Waals surface area contributed by atoms with Gasteiger partial charge >= 0.3 is 6.18 Å². The molecule has 0 unspecified atom stereocenters. The predicted octanol–water partition coefficient (Wildman–Crippen LogP) is 6.49. The normalized spacial score (nSPS) is 24.6. The molecule has 2 aromatic carbocycles. The van der Waals surface area contributed by atoms with Crippen LogP contribution in [0.2, 0.25) is 5.02 Å². The number of rotatable bonds is 1. The lowest BCUT2D eigenvalue weighted by molar-refractivity contribution is -0.138. The fourth-order valence-corrected chi connectivity index (χ4v) is 4.46. The third kappa shape index (κ3) is 2.73. The molecule has 0 radical (unpaired) electrons. The molecule has 3 atom stereocenters. The topological polar surface area (TPSA) is 12.0 Å². The molecule has 1 N–H and O–H groups in total. The van der Waals surface area contributed by atoms with Crippen LogP contribution in [0.15, 0.2) is 48.6 Å². The van der Waals surface area contributed by atoms with Crippen molar-refractivity contribution in [1.29, 1.82) is 0 Å². The zero-order valence-corrected chi connectivity index (χ0v) is 14.3. The average Bonchev–Trinajstić information content (AvgIpc) is 3.03. The van der Waals surface area contributed by atoms with Crippen LogP contribution in [0.5, 0.6) is 0 Å². The van der Waals surface area contributed by atoms with Gasteiger partial charge in [0.15, 0.2) is 0 Å². The van der Waals surface area contributed by atoms with Gasteiger partial charge in [-0.2, -0.15) is 13.2 Å². The summed E-state index contributed by atoms with van der Waals surface area (Å²) in [4.78, 5) is 0. The Morgan fingerprint density at radius 2 is 1.88 bits per heavy atom. The Hall–Kier alpha value is -1.94. The highest BCUT2D eigenvalue weighted by atomic mass is 35.5. The molecule has 2 aromatic rings. The fraction of sp³-hybridized carbons (Fsp3) is 0.300. The van der Waals surface area contributed by atoms with Crippen LogP contribution < -0.4 is 5.32 Å². The molecule has 2 aliphatic rings. The van der Waals surface area contributed by atoms with Gasteiger partial charge in [-0.25, -0.2) is 0 Å². The van der Waals surface area contributed by atoms with Gasteiger partial charge in [0.1, 0.15) is 0 Å². The molecular formula is C20H17ClF3N. The highest BCUT2D eigenvalue weighted by Crippen LogP contribution is 2.52. The van der Waals surface area contributed by atoms with Crippen LogP contribution >= 0.6 is 11.6 Å². The Morgan fingerprint density at radius 1 is 1.12 bits per heavy atom.